The predicted octanol–water partition coefficient (Wildman–Crippen LogP) is 2.01. The van der Waals surface area contributed by atoms with E-state index < -0.39 is 0 Å². The van der Waals surface area contributed by atoms with Crippen LogP contribution < -0.4 is 5.32 Å². The Morgan fingerprint density at radius 3 is 2.44 bits per heavy atom. The van der Waals surface area contributed by atoms with E-state index in [1.807, 2.05) is 0 Å². The van der Waals surface area contributed by atoms with Gasteiger partial charge < -0.3 is 10.2 Å². The molecule has 2 heterocycles. The number of carbonyl (C=O) groups is 1. The number of rotatable bonds is 4. The molecule has 2 saturated heterocycles. The molecule has 106 valence electrons. The zero-order valence-corrected chi connectivity index (χ0v) is 12.8. The minimum Gasteiger partial charge on any atom is -0.342 e. The van der Waals surface area contributed by atoms with E-state index in [4.69, 9.17) is 0 Å². The highest BCUT2D eigenvalue weighted by molar-refractivity contribution is 7.99. The molecule has 0 aliphatic carbocycles. The van der Waals surface area contributed by atoms with Crippen molar-refractivity contribution in [3.63, 3.8) is 0 Å². The molecule has 0 aromatic carbocycles. The van der Waals surface area contributed by atoms with E-state index in [-0.39, 0.29) is 12.4 Å². The second-order valence-electron chi connectivity index (χ2n) is 5.19. The second-order valence-corrected chi connectivity index (χ2v) is 6.29. The molecule has 5 heteroatoms. The standard InChI is InChI=1S/C13H24N2OS.ClH/c1-2-7-17-10-13(16)15-5-3-11-8-14-9-12(11)4-6-15;/h11-12,14H,2-10H2,1H3;1H/t11-,12+;. The van der Waals surface area contributed by atoms with Crippen molar-refractivity contribution in [3.05, 3.63) is 0 Å². The average molecular weight is 293 g/mol. The highest BCUT2D eigenvalue weighted by Gasteiger charge is 2.31. The van der Waals surface area contributed by atoms with Gasteiger partial charge in [-0.2, -0.15) is 11.8 Å². The van der Waals surface area contributed by atoms with Crippen molar-refractivity contribution in [3.8, 4) is 0 Å². The van der Waals surface area contributed by atoms with Gasteiger partial charge in [-0.3, -0.25) is 4.79 Å². The molecule has 0 saturated carbocycles. The summed E-state index contributed by atoms with van der Waals surface area (Å²) >= 11 is 1.78. The van der Waals surface area contributed by atoms with Gasteiger partial charge in [0.25, 0.3) is 0 Å². The highest BCUT2D eigenvalue weighted by Crippen LogP contribution is 2.27. The maximum absolute atomic E-state index is 12.0. The number of fused-ring (bicyclic) bond motifs is 1. The molecule has 0 bridgehead atoms. The Hall–Kier alpha value is 0.0700. The van der Waals surface area contributed by atoms with Gasteiger partial charge in [-0.1, -0.05) is 6.92 Å². The largest absolute Gasteiger partial charge is 0.342 e. The van der Waals surface area contributed by atoms with E-state index in [0.717, 1.165) is 50.2 Å². The van der Waals surface area contributed by atoms with Crippen molar-refractivity contribution in [2.45, 2.75) is 26.2 Å². The van der Waals surface area contributed by atoms with Crippen LogP contribution in [0.5, 0.6) is 0 Å². The van der Waals surface area contributed by atoms with Crippen LogP contribution in [0.3, 0.4) is 0 Å². The molecule has 2 aliphatic heterocycles. The monoisotopic (exact) mass is 292 g/mol. The first-order valence-electron chi connectivity index (χ1n) is 6.87. The lowest BCUT2D eigenvalue weighted by Crippen LogP contribution is -2.34. The van der Waals surface area contributed by atoms with Gasteiger partial charge in [-0.25, -0.2) is 0 Å². The Morgan fingerprint density at radius 2 is 1.89 bits per heavy atom. The summed E-state index contributed by atoms with van der Waals surface area (Å²) in [5.41, 5.74) is 0. The summed E-state index contributed by atoms with van der Waals surface area (Å²) in [5.74, 6) is 3.78. The predicted molar refractivity (Wildman–Crippen MR) is 80.5 cm³/mol. The van der Waals surface area contributed by atoms with Gasteiger partial charge in [-0.15, -0.1) is 12.4 Å². The summed E-state index contributed by atoms with van der Waals surface area (Å²) in [4.78, 5) is 14.1. The molecular formula is C13H25ClN2OS. The molecule has 0 radical (unpaired) electrons. The fourth-order valence-corrected chi connectivity index (χ4v) is 3.65. The van der Waals surface area contributed by atoms with Crippen LogP contribution in [-0.2, 0) is 4.79 Å². The van der Waals surface area contributed by atoms with Crippen molar-refractivity contribution >= 4 is 30.1 Å². The van der Waals surface area contributed by atoms with Crippen molar-refractivity contribution in [1.82, 2.24) is 10.2 Å². The van der Waals surface area contributed by atoms with Crippen LogP contribution in [0.25, 0.3) is 0 Å². The number of hydrogen-bond acceptors (Lipinski definition) is 3. The molecule has 0 spiro atoms. The number of likely N-dealkylation sites (tertiary alicyclic amines) is 1. The summed E-state index contributed by atoms with van der Waals surface area (Å²) in [6.07, 6.45) is 3.55. The van der Waals surface area contributed by atoms with Crippen molar-refractivity contribution < 1.29 is 4.79 Å². The topological polar surface area (TPSA) is 32.3 Å². The van der Waals surface area contributed by atoms with E-state index in [1.165, 1.54) is 12.8 Å². The normalized spacial score (nSPS) is 27.3. The smallest absolute Gasteiger partial charge is 0.232 e. The van der Waals surface area contributed by atoms with Crippen LogP contribution in [0.15, 0.2) is 0 Å². The van der Waals surface area contributed by atoms with Gasteiger partial charge in [0.15, 0.2) is 0 Å². The lowest BCUT2D eigenvalue weighted by atomic mass is 9.92. The van der Waals surface area contributed by atoms with Crippen LogP contribution >= 0.6 is 24.2 Å². The Bertz CT molecular complexity index is 251. The van der Waals surface area contributed by atoms with Crippen molar-refractivity contribution in [2.24, 2.45) is 11.8 Å². The van der Waals surface area contributed by atoms with Crippen LogP contribution in [-0.4, -0.2) is 48.5 Å². The first-order chi connectivity index (χ1) is 8.31. The van der Waals surface area contributed by atoms with E-state index in [0.29, 0.717) is 11.7 Å². The minimum absolute atomic E-state index is 0. The molecule has 2 aliphatic rings. The van der Waals surface area contributed by atoms with E-state index in [9.17, 15) is 4.79 Å². The minimum atomic E-state index is 0. The Balaban J connectivity index is 0.00000162. The molecule has 18 heavy (non-hydrogen) atoms. The summed E-state index contributed by atoms with van der Waals surface area (Å²) in [6, 6.07) is 0. The molecule has 2 rings (SSSR count). The van der Waals surface area contributed by atoms with Crippen LogP contribution in [0.1, 0.15) is 26.2 Å². The fourth-order valence-electron chi connectivity index (χ4n) is 2.86. The fraction of sp³-hybridized carbons (Fsp3) is 0.923. The molecule has 0 aromatic rings. The van der Waals surface area contributed by atoms with Gasteiger partial charge >= 0.3 is 0 Å². The molecule has 0 unspecified atom stereocenters. The number of nitrogens with one attached hydrogen (secondary N) is 1. The zero-order chi connectivity index (χ0) is 12.1. The molecule has 2 atom stereocenters. The Morgan fingerprint density at radius 1 is 1.28 bits per heavy atom. The van der Waals surface area contributed by atoms with Crippen LogP contribution in [0.4, 0.5) is 0 Å². The first-order valence-corrected chi connectivity index (χ1v) is 8.03. The Labute approximate surface area is 121 Å². The number of nitrogens with zero attached hydrogens (tertiary/aromatic N) is 1. The molecular weight excluding hydrogens is 268 g/mol. The highest BCUT2D eigenvalue weighted by atomic mass is 35.5. The number of thioether (sulfide) groups is 1. The lowest BCUT2D eigenvalue weighted by molar-refractivity contribution is -0.128. The number of amides is 1. The zero-order valence-electron chi connectivity index (χ0n) is 11.2. The van der Waals surface area contributed by atoms with Gasteiger partial charge in [0.05, 0.1) is 5.75 Å². The third-order valence-electron chi connectivity index (χ3n) is 3.95. The number of halogens is 1. The van der Waals surface area contributed by atoms with Crippen molar-refractivity contribution in [2.75, 3.05) is 37.7 Å². The SMILES string of the molecule is CCCSCC(=O)N1CC[C@@H]2CNC[C@@H]2CC1.Cl. The maximum Gasteiger partial charge on any atom is 0.232 e. The number of hydrogen-bond donors (Lipinski definition) is 1. The molecule has 2 fully saturated rings. The maximum atomic E-state index is 12.0. The second kappa shape index (κ2) is 8.28. The summed E-state index contributed by atoms with van der Waals surface area (Å²) in [5, 5.41) is 3.47. The molecule has 1 N–H and O–H groups in total. The quantitative estimate of drug-likeness (QED) is 0.805. The van der Waals surface area contributed by atoms with Crippen molar-refractivity contribution in [1.29, 1.82) is 0 Å². The third-order valence-corrected chi connectivity index (χ3v) is 5.09. The Kier molecular flexibility index (Phi) is 7.42. The van der Waals surface area contributed by atoms with Gasteiger partial charge in [-0.05, 0) is 49.9 Å². The third kappa shape index (κ3) is 4.32. The van der Waals surface area contributed by atoms with Crippen LogP contribution in [0.2, 0.25) is 0 Å². The summed E-state index contributed by atoms with van der Waals surface area (Å²) < 4.78 is 0. The van der Waals surface area contributed by atoms with Gasteiger partial charge in [0.1, 0.15) is 0 Å². The van der Waals surface area contributed by atoms with Gasteiger partial charge in [0.2, 0.25) is 5.91 Å². The molecule has 3 nitrogen and oxygen atoms in total. The van der Waals surface area contributed by atoms with E-state index >= 15 is 0 Å². The summed E-state index contributed by atoms with van der Waals surface area (Å²) in [6.45, 7) is 6.45. The average Bonchev–Trinajstić information content (AvgIpc) is 2.68. The van der Waals surface area contributed by atoms with E-state index in [1.54, 1.807) is 11.8 Å². The first kappa shape index (κ1) is 16.1. The molecule has 1 amide bonds. The van der Waals surface area contributed by atoms with E-state index in [2.05, 4.69) is 17.1 Å². The van der Waals surface area contributed by atoms with Gasteiger partial charge in [0, 0.05) is 13.1 Å². The lowest BCUT2D eigenvalue weighted by Gasteiger charge is -2.20. The van der Waals surface area contributed by atoms with Crippen LogP contribution in [0, 0.1) is 11.8 Å². The summed E-state index contributed by atoms with van der Waals surface area (Å²) in [7, 11) is 0. The molecule has 0 aromatic heterocycles. The number of carbonyl (C=O) groups excluding carboxylic acids is 1.